The van der Waals surface area contributed by atoms with E-state index in [2.05, 4.69) is 10.6 Å². The Morgan fingerprint density at radius 1 is 0.978 bits per heavy atom. The molecule has 0 radical (unpaired) electrons. The van der Waals surface area contributed by atoms with Crippen molar-refractivity contribution in [2.24, 2.45) is 29.4 Å². The molecule has 6 rings (SSSR count). The van der Waals surface area contributed by atoms with Gasteiger partial charge in [0.25, 0.3) is 5.91 Å². The lowest BCUT2D eigenvalue weighted by Gasteiger charge is -2.41. The highest BCUT2D eigenvalue weighted by molar-refractivity contribution is 7.90. The molecule has 5 N–H and O–H groups in total. The van der Waals surface area contributed by atoms with Crippen molar-refractivity contribution in [3.05, 3.63) is 75.8 Å². The van der Waals surface area contributed by atoms with Crippen molar-refractivity contribution < 1.29 is 85.2 Å². The van der Waals surface area contributed by atoms with Crippen LogP contribution in [0.3, 0.4) is 0 Å². The number of methoxy groups -OCH3 is 2. The fraction of sp³-hybridized carbons (Fsp3) is 0.600. The number of epoxide rings is 1. The van der Waals surface area contributed by atoms with Crippen LogP contribution in [0.4, 0.5) is 10.5 Å². The minimum atomic E-state index is -4.20. The monoisotopic (exact) mass is 1310 g/mol. The first kappa shape index (κ1) is 73.0. The Morgan fingerprint density at radius 3 is 2.31 bits per heavy atom. The number of aliphatic hydroxyl groups is 1. The third-order valence-electron chi connectivity index (χ3n) is 17.9. The maximum Gasteiger partial charge on any atom is 0.328 e. The van der Waals surface area contributed by atoms with Crippen molar-refractivity contribution >= 4 is 86.2 Å². The molecule has 7 amide bonds. The number of allylic oxidation sites excluding steroid dienone is 3. The molecule has 0 aromatic heterocycles. The number of unbranched alkanes of at least 4 members (excludes halogenated alkanes) is 2. The van der Waals surface area contributed by atoms with Gasteiger partial charge in [-0.05, 0) is 94.2 Å². The van der Waals surface area contributed by atoms with E-state index >= 15 is 0 Å². The fourth-order valence-corrected chi connectivity index (χ4v) is 13.3. The van der Waals surface area contributed by atoms with Gasteiger partial charge in [-0.15, -0.1) is 0 Å². The number of Topliss-reactive ketones (excluding diaryl/α,β-unsaturated/α-hetero) is 2. The lowest BCUT2D eigenvalue weighted by atomic mass is 9.78. The number of halogens is 1. The van der Waals surface area contributed by atoms with Crippen LogP contribution in [0, 0.1) is 23.7 Å². The third-order valence-corrected chi connectivity index (χ3v) is 19.4. The fourth-order valence-electron chi connectivity index (χ4n) is 12.1. The number of hydrogen-bond acceptors (Lipinski definition) is 18. The maximum absolute atomic E-state index is 14.6. The topological polar surface area (TPSA) is 334 Å². The summed E-state index contributed by atoms with van der Waals surface area (Å²) in [6.45, 7) is 12.2. The van der Waals surface area contributed by atoms with Gasteiger partial charge in [-0.2, -0.15) is 0 Å². The molecular weight excluding hydrogens is 1220 g/mol. The second kappa shape index (κ2) is 31.0. The predicted molar refractivity (Wildman–Crippen MR) is 335 cm³/mol. The normalized spacial score (nSPS) is 25.7. The minimum absolute atomic E-state index is 0.0173. The van der Waals surface area contributed by atoms with Gasteiger partial charge >= 0.3 is 18.0 Å². The molecule has 2 aromatic rings. The second-order valence-corrected chi connectivity index (χ2v) is 27.6. The first-order valence-corrected chi connectivity index (χ1v) is 33.0. The maximum atomic E-state index is 14.6. The highest BCUT2D eigenvalue weighted by Gasteiger charge is 2.64. The zero-order valence-electron chi connectivity index (χ0n) is 54.1. The standard InChI is InChI=1S/C65H89ClN6O18S/c1-36(2)45(32-44(73)19-14-13-15-25-72-55(76)27-38(4)60(72)79)59(78)69-46(20-17-24-68-63(67)82)48(74)30-42-22-23-43(31-51(42)91(12,84)85)61(80)70(8)40(6)62(81)89-53-33-54(75)71(9)47-28-41(29-49(86-10)57(47)66)26-37(3)18-16-21-52(87-11)65(83)34-50(88-56(77)35-65)39(5)58-64(53,7)90-58/h16,18,21-23,28-29,31,36,38-40,45-46,50,52-53,58,83H,13-15,17,19-20,24-27,30,32-35H2,1-12H3,(H,69,78)(H3,67,68,82)/b21-16+,37-18+/t38?,39-,40+,45+,46+,50+,52-,53+,58+,64+,65-/m1/s1. The van der Waals surface area contributed by atoms with Crippen LogP contribution < -0.4 is 26.0 Å². The van der Waals surface area contributed by atoms with E-state index in [1.165, 1.54) is 57.2 Å². The predicted octanol–water partition coefficient (Wildman–Crippen LogP) is 5.71. The first-order valence-electron chi connectivity index (χ1n) is 30.8. The molecule has 4 bridgehead atoms. The van der Waals surface area contributed by atoms with Gasteiger partial charge in [-0.1, -0.05) is 75.6 Å². The average molecular weight is 1310 g/mol. The number of ether oxygens (including phenoxy) is 5. The van der Waals surface area contributed by atoms with Crippen molar-refractivity contribution in [3.8, 4) is 5.75 Å². The van der Waals surface area contributed by atoms with E-state index in [-0.39, 0.29) is 115 Å². The Labute approximate surface area is 537 Å². The number of likely N-dealkylation sites (N-methyl/N-ethyl adjacent to an activating group) is 1. The Kier molecular flexibility index (Phi) is 24.9. The summed E-state index contributed by atoms with van der Waals surface area (Å²) in [4.78, 5) is 138. The number of ketones is 2. The molecule has 4 aliphatic heterocycles. The molecule has 26 heteroatoms. The van der Waals surface area contributed by atoms with E-state index in [0.29, 0.717) is 25.7 Å². The summed E-state index contributed by atoms with van der Waals surface area (Å²) in [7, 11) is 1.45. The first-order chi connectivity index (χ1) is 42.6. The van der Waals surface area contributed by atoms with Crippen LogP contribution in [0.25, 0.3) is 0 Å². The van der Waals surface area contributed by atoms with Crippen LogP contribution >= 0.6 is 11.6 Å². The van der Waals surface area contributed by atoms with Crippen molar-refractivity contribution in [2.45, 2.75) is 185 Å². The zero-order chi connectivity index (χ0) is 67.6. The van der Waals surface area contributed by atoms with Crippen LogP contribution in [-0.2, 0) is 80.0 Å². The summed E-state index contributed by atoms with van der Waals surface area (Å²) in [6.07, 6.45) is 2.88. The Bertz CT molecular complexity index is 3300. The smallest absolute Gasteiger partial charge is 0.328 e. The number of imide groups is 1. The number of likely N-dealkylation sites (tertiary alicyclic amines) is 1. The molecule has 2 aromatic carbocycles. The number of urea groups is 1. The number of benzene rings is 2. The number of nitrogens with one attached hydrogen (secondary N) is 2. The number of nitrogens with zero attached hydrogens (tertiary/aromatic N) is 3. The number of carbonyl (C=O) groups is 10. The largest absolute Gasteiger partial charge is 0.495 e. The minimum Gasteiger partial charge on any atom is -0.495 e. The van der Waals surface area contributed by atoms with Gasteiger partial charge < -0.3 is 55.0 Å². The quantitative estimate of drug-likeness (QED) is 0.0400. The number of carbonyl (C=O) groups excluding carboxylic acids is 10. The van der Waals surface area contributed by atoms with Crippen LogP contribution in [0.15, 0.2) is 59.0 Å². The van der Waals surface area contributed by atoms with E-state index in [4.69, 9.17) is 41.0 Å². The van der Waals surface area contributed by atoms with Crippen LogP contribution in [0.1, 0.15) is 141 Å². The van der Waals surface area contributed by atoms with Gasteiger partial charge in [0.2, 0.25) is 23.6 Å². The van der Waals surface area contributed by atoms with Gasteiger partial charge in [0.05, 0.1) is 42.7 Å². The molecule has 4 heterocycles. The molecular formula is C65H89ClN6O18S. The molecule has 0 saturated carbocycles. The molecule has 3 fully saturated rings. The summed E-state index contributed by atoms with van der Waals surface area (Å²) < 4.78 is 56.9. The van der Waals surface area contributed by atoms with E-state index in [0.717, 1.165) is 28.4 Å². The van der Waals surface area contributed by atoms with E-state index < -0.39 is 129 Å². The summed E-state index contributed by atoms with van der Waals surface area (Å²) in [5, 5.41) is 17.4. The number of anilines is 1. The highest BCUT2D eigenvalue weighted by atomic mass is 35.5. The lowest BCUT2D eigenvalue weighted by Crippen LogP contribution is -2.53. The SMILES string of the molecule is COc1cc2cc(c1Cl)N(C)C(=O)C[C@H](OC(=O)[C@H](C)N(C)C(=O)c1ccc(CC(=O)[C@H](CCCNC(N)=O)NC(=O)[C@@H](CC(=O)CCCCCN3C(=O)CC(C)C3=O)C(C)C)c(S(C)(=O)=O)c1)[C@]1(C)O[C@H]1[C@H](C)[C@@H]1C[C@@](O)(CC(=O)O1)[C@H](OC)/C=C/C=C(\C)C2. The number of primary amides is 1. The Hall–Kier alpha value is -7.06. The van der Waals surface area contributed by atoms with Gasteiger partial charge in [0, 0.05) is 96.0 Å². The van der Waals surface area contributed by atoms with Gasteiger partial charge in [-0.3, -0.25) is 43.3 Å². The Balaban J connectivity index is 1.20. The van der Waals surface area contributed by atoms with Crippen LogP contribution in [0.2, 0.25) is 5.02 Å². The van der Waals surface area contributed by atoms with E-state index in [1.807, 2.05) is 13.0 Å². The zero-order valence-corrected chi connectivity index (χ0v) is 55.7. The molecule has 0 spiro atoms. The second-order valence-electron chi connectivity index (χ2n) is 25.3. The summed E-state index contributed by atoms with van der Waals surface area (Å²) in [5.74, 6) is -6.82. The summed E-state index contributed by atoms with van der Waals surface area (Å²) in [6, 6.07) is 3.68. The molecule has 3 saturated heterocycles. The number of nitrogens with two attached hydrogens (primary N) is 1. The Morgan fingerprint density at radius 2 is 1.68 bits per heavy atom. The number of esters is 2. The van der Waals surface area contributed by atoms with E-state index in [1.54, 1.807) is 58.9 Å². The highest BCUT2D eigenvalue weighted by Crippen LogP contribution is 2.50. The summed E-state index contributed by atoms with van der Waals surface area (Å²) >= 11 is 6.86. The number of fused-ring (bicyclic) bond motifs is 5. The van der Waals surface area contributed by atoms with Gasteiger partial charge in [-0.25, -0.2) is 18.0 Å². The molecule has 11 atom stereocenters. The van der Waals surface area contributed by atoms with Crippen molar-refractivity contribution in [2.75, 3.05) is 52.6 Å². The number of amides is 7. The molecule has 91 heavy (non-hydrogen) atoms. The molecule has 0 aliphatic carbocycles. The van der Waals surface area contributed by atoms with Crippen LogP contribution in [0.5, 0.6) is 5.75 Å². The lowest BCUT2D eigenvalue weighted by molar-refractivity contribution is -0.187. The van der Waals surface area contributed by atoms with Gasteiger partial charge in [0.15, 0.2) is 15.6 Å². The van der Waals surface area contributed by atoms with Crippen molar-refractivity contribution in [3.63, 3.8) is 0 Å². The molecule has 1 unspecified atom stereocenters. The number of rotatable bonds is 25. The summed E-state index contributed by atoms with van der Waals surface area (Å²) in [5.41, 5.74) is 3.83. The number of hydrogen-bond donors (Lipinski definition) is 4. The average Bonchev–Trinajstić information content (AvgIpc) is 1.58. The number of sulfone groups is 1. The molecule has 4 aliphatic rings. The van der Waals surface area contributed by atoms with Crippen molar-refractivity contribution in [1.82, 2.24) is 20.4 Å². The van der Waals surface area contributed by atoms with Crippen LogP contribution in [-0.4, -0.2) is 178 Å². The molecule has 500 valence electrons. The third kappa shape index (κ3) is 18.4. The van der Waals surface area contributed by atoms with Gasteiger partial charge in [0.1, 0.15) is 52.1 Å². The van der Waals surface area contributed by atoms with Crippen molar-refractivity contribution in [1.29, 1.82) is 0 Å². The van der Waals surface area contributed by atoms with E-state index in [9.17, 15) is 61.5 Å². The molecule has 24 nitrogen and oxygen atoms in total.